The molecule has 1 N–H and O–H groups in total. The van der Waals surface area contributed by atoms with Crippen LogP contribution in [0.3, 0.4) is 0 Å². The van der Waals surface area contributed by atoms with Gasteiger partial charge in [-0.1, -0.05) is 20.3 Å². The number of unbranched alkanes of at least 4 members (excludes halogenated alkanes) is 2. The van der Waals surface area contributed by atoms with Crippen molar-refractivity contribution >= 4 is 12.3 Å². The van der Waals surface area contributed by atoms with Crippen LogP contribution in [0, 0.1) is 5.92 Å². The summed E-state index contributed by atoms with van der Waals surface area (Å²) in [6.45, 7) is 4.81. The van der Waals surface area contributed by atoms with Gasteiger partial charge in [-0.2, -0.15) is 0 Å². The largest absolute Gasteiger partial charge is 0.481 e. The Labute approximate surface area is 97.6 Å². The second-order valence-electron chi connectivity index (χ2n) is 4.49. The second kappa shape index (κ2) is 8.28. The Morgan fingerprint density at radius 3 is 2.38 bits per heavy atom. The zero-order valence-electron chi connectivity index (χ0n) is 10.4. The van der Waals surface area contributed by atoms with E-state index >= 15 is 0 Å². The quantitative estimate of drug-likeness (QED) is 0.610. The van der Waals surface area contributed by atoms with Crippen LogP contribution in [-0.4, -0.2) is 41.9 Å². The van der Waals surface area contributed by atoms with Gasteiger partial charge in [0.25, 0.3) is 0 Å². The van der Waals surface area contributed by atoms with E-state index in [0.29, 0.717) is 6.42 Å². The Hall–Kier alpha value is -0.900. The number of nitrogens with zero attached hydrogens (tertiary/aromatic N) is 1. The zero-order valence-corrected chi connectivity index (χ0v) is 10.4. The lowest BCUT2D eigenvalue weighted by Gasteiger charge is -2.25. The molecule has 4 nitrogen and oxygen atoms in total. The van der Waals surface area contributed by atoms with E-state index in [0.717, 1.165) is 19.4 Å². The Morgan fingerprint density at radius 2 is 1.94 bits per heavy atom. The summed E-state index contributed by atoms with van der Waals surface area (Å²) >= 11 is 0. The predicted molar refractivity (Wildman–Crippen MR) is 63.1 cm³/mol. The number of likely N-dealkylation sites (N-methyl/N-ethyl adjacent to an activating group) is 1. The summed E-state index contributed by atoms with van der Waals surface area (Å²) in [6.07, 6.45) is 4.80. The molecular weight excluding hydrogens is 206 g/mol. The third kappa shape index (κ3) is 6.56. The molecule has 0 aliphatic heterocycles. The summed E-state index contributed by atoms with van der Waals surface area (Å²) in [7, 11) is 1.91. The highest BCUT2D eigenvalue weighted by Crippen LogP contribution is 2.08. The molecule has 0 spiro atoms. The minimum atomic E-state index is -0.741. The SMILES string of the molecule is CC(C)[C@@H]([C]=O)N(C)CCCCCC(=O)O. The van der Waals surface area contributed by atoms with Crippen LogP contribution in [0.15, 0.2) is 0 Å². The van der Waals surface area contributed by atoms with Gasteiger partial charge in [0.1, 0.15) is 0 Å². The summed E-state index contributed by atoms with van der Waals surface area (Å²) in [6, 6.07) is -0.153. The van der Waals surface area contributed by atoms with Gasteiger partial charge in [-0.15, -0.1) is 0 Å². The zero-order chi connectivity index (χ0) is 12.6. The van der Waals surface area contributed by atoms with E-state index in [1.807, 2.05) is 32.1 Å². The maximum Gasteiger partial charge on any atom is 0.303 e. The predicted octanol–water partition coefficient (Wildman–Crippen LogP) is 1.70. The first kappa shape index (κ1) is 15.1. The van der Waals surface area contributed by atoms with E-state index in [2.05, 4.69) is 0 Å². The van der Waals surface area contributed by atoms with Crippen LogP contribution in [0.1, 0.15) is 39.5 Å². The highest BCUT2D eigenvalue weighted by Gasteiger charge is 2.17. The molecule has 0 rings (SSSR count). The summed E-state index contributed by atoms with van der Waals surface area (Å²) in [5.74, 6) is -0.476. The van der Waals surface area contributed by atoms with Crippen LogP contribution >= 0.6 is 0 Å². The molecule has 0 aliphatic rings. The number of carboxylic acids is 1. The molecule has 1 atom stereocenters. The Bertz CT molecular complexity index is 216. The molecule has 0 bridgehead atoms. The van der Waals surface area contributed by atoms with Gasteiger partial charge < -0.3 is 5.11 Å². The average Bonchev–Trinajstić information content (AvgIpc) is 2.17. The Balaban J connectivity index is 3.67. The number of carbonyl (C=O) groups excluding carboxylic acids is 1. The molecule has 0 amide bonds. The van der Waals surface area contributed by atoms with Crippen LogP contribution in [0.4, 0.5) is 0 Å². The van der Waals surface area contributed by atoms with Crippen LogP contribution in [-0.2, 0) is 9.59 Å². The van der Waals surface area contributed by atoms with Gasteiger partial charge in [0.05, 0.1) is 6.04 Å². The third-order valence-electron chi connectivity index (χ3n) is 2.63. The molecule has 0 saturated carbocycles. The van der Waals surface area contributed by atoms with Gasteiger partial charge in [0.15, 0.2) is 0 Å². The molecule has 0 aliphatic carbocycles. The lowest BCUT2D eigenvalue weighted by atomic mass is 10.0. The minimum Gasteiger partial charge on any atom is -0.481 e. The monoisotopic (exact) mass is 228 g/mol. The molecular formula is C12H22NO3. The molecule has 0 aromatic heterocycles. The molecule has 4 heteroatoms. The first-order valence-corrected chi connectivity index (χ1v) is 5.78. The topological polar surface area (TPSA) is 57.6 Å². The molecule has 0 aromatic rings. The fourth-order valence-electron chi connectivity index (χ4n) is 1.69. The smallest absolute Gasteiger partial charge is 0.303 e. The third-order valence-corrected chi connectivity index (χ3v) is 2.63. The summed E-state index contributed by atoms with van der Waals surface area (Å²) in [4.78, 5) is 23.0. The Kier molecular flexibility index (Phi) is 7.81. The number of carboxylic acid groups (broad SMARTS) is 1. The van der Waals surface area contributed by atoms with Crippen molar-refractivity contribution in [2.45, 2.75) is 45.6 Å². The van der Waals surface area contributed by atoms with E-state index < -0.39 is 5.97 Å². The summed E-state index contributed by atoms with van der Waals surface area (Å²) in [5, 5.41) is 8.46. The molecule has 1 radical (unpaired) electrons. The maximum atomic E-state index is 10.7. The number of rotatable bonds is 9. The van der Waals surface area contributed by atoms with Gasteiger partial charge in [-0.05, 0) is 32.4 Å². The normalized spacial score (nSPS) is 13.1. The lowest BCUT2D eigenvalue weighted by Crippen LogP contribution is -2.37. The van der Waals surface area contributed by atoms with Gasteiger partial charge in [0.2, 0.25) is 6.29 Å². The molecule has 0 aromatic carbocycles. The van der Waals surface area contributed by atoms with Crippen LogP contribution in [0.25, 0.3) is 0 Å². The molecule has 0 saturated heterocycles. The van der Waals surface area contributed by atoms with Gasteiger partial charge in [-0.3, -0.25) is 14.5 Å². The fourth-order valence-corrected chi connectivity index (χ4v) is 1.69. The molecule has 0 heterocycles. The number of hydrogen-bond donors (Lipinski definition) is 1. The van der Waals surface area contributed by atoms with E-state index in [9.17, 15) is 9.59 Å². The molecule has 0 fully saturated rings. The number of hydrogen-bond acceptors (Lipinski definition) is 3. The van der Waals surface area contributed by atoms with E-state index in [4.69, 9.17) is 5.11 Å². The van der Waals surface area contributed by atoms with Crippen LogP contribution in [0.5, 0.6) is 0 Å². The van der Waals surface area contributed by atoms with E-state index in [1.165, 1.54) is 0 Å². The second-order valence-corrected chi connectivity index (χ2v) is 4.49. The highest BCUT2D eigenvalue weighted by molar-refractivity contribution is 5.66. The van der Waals surface area contributed by atoms with Crippen molar-refractivity contribution in [2.75, 3.05) is 13.6 Å². The number of aliphatic carboxylic acids is 1. The van der Waals surface area contributed by atoms with Gasteiger partial charge in [-0.25, -0.2) is 0 Å². The highest BCUT2D eigenvalue weighted by atomic mass is 16.4. The first-order valence-electron chi connectivity index (χ1n) is 5.78. The fraction of sp³-hybridized carbons (Fsp3) is 0.833. The lowest BCUT2D eigenvalue weighted by molar-refractivity contribution is -0.137. The van der Waals surface area contributed by atoms with Gasteiger partial charge >= 0.3 is 5.97 Å². The van der Waals surface area contributed by atoms with Crippen molar-refractivity contribution in [3.8, 4) is 0 Å². The van der Waals surface area contributed by atoms with Crippen molar-refractivity contribution in [2.24, 2.45) is 5.92 Å². The van der Waals surface area contributed by atoms with Crippen molar-refractivity contribution in [1.29, 1.82) is 0 Å². The van der Waals surface area contributed by atoms with Crippen LogP contribution < -0.4 is 0 Å². The minimum absolute atomic E-state index is 0.153. The number of carbonyl (C=O) groups is 1. The first-order chi connectivity index (χ1) is 7.49. The average molecular weight is 228 g/mol. The van der Waals surface area contributed by atoms with Crippen molar-refractivity contribution < 1.29 is 14.7 Å². The molecule has 93 valence electrons. The van der Waals surface area contributed by atoms with Crippen molar-refractivity contribution in [1.82, 2.24) is 4.90 Å². The van der Waals surface area contributed by atoms with Crippen molar-refractivity contribution in [3.05, 3.63) is 0 Å². The Morgan fingerprint density at radius 1 is 1.31 bits per heavy atom. The molecule has 16 heavy (non-hydrogen) atoms. The van der Waals surface area contributed by atoms with Crippen LogP contribution in [0.2, 0.25) is 0 Å². The summed E-state index contributed by atoms with van der Waals surface area (Å²) in [5.41, 5.74) is 0. The van der Waals surface area contributed by atoms with E-state index in [-0.39, 0.29) is 18.4 Å². The van der Waals surface area contributed by atoms with Gasteiger partial charge in [0, 0.05) is 6.42 Å². The molecule has 0 unspecified atom stereocenters. The van der Waals surface area contributed by atoms with E-state index in [1.54, 1.807) is 0 Å². The standard InChI is InChI=1S/C12H22NO3/c1-10(2)11(9-14)13(3)8-6-4-5-7-12(15)16/h10-11H,4-8H2,1-3H3,(H,15,16)/t11-/m1/s1. The maximum absolute atomic E-state index is 10.7. The summed E-state index contributed by atoms with van der Waals surface area (Å²) < 4.78 is 0. The van der Waals surface area contributed by atoms with Crippen molar-refractivity contribution in [3.63, 3.8) is 0 Å².